The van der Waals surface area contributed by atoms with Crippen LogP contribution >= 0.6 is 0 Å². The van der Waals surface area contributed by atoms with Crippen LogP contribution in [0.15, 0.2) is 24.3 Å². The topological polar surface area (TPSA) is 113 Å². The molecule has 2 heterocycles. The third-order valence-electron chi connectivity index (χ3n) is 6.24. The number of fused-ring (bicyclic) bond motifs is 1. The van der Waals surface area contributed by atoms with Crippen LogP contribution in [0.2, 0.25) is 0 Å². The number of imide groups is 1. The lowest BCUT2D eigenvalue weighted by atomic mass is 9.77. The average molecular weight is 384 g/mol. The molecule has 8 heteroatoms. The van der Waals surface area contributed by atoms with Gasteiger partial charge in [-0.25, -0.2) is 4.79 Å². The van der Waals surface area contributed by atoms with Crippen molar-refractivity contribution in [3.63, 3.8) is 0 Å². The maximum absolute atomic E-state index is 13.0. The van der Waals surface area contributed by atoms with Crippen molar-refractivity contribution in [2.24, 2.45) is 11.7 Å². The number of hydrogen-bond donors (Lipinski definition) is 2. The molecule has 2 fully saturated rings. The molecule has 1 aromatic carbocycles. The molecule has 1 atom stereocenters. The predicted octanol–water partition coefficient (Wildman–Crippen LogP) is 0.930. The Morgan fingerprint density at radius 2 is 1.89 bits per heavy atom. The van der Waals surface area contributed by atoms with Gasteiger partial charge in [0.05, 0.1) is 0 Å². The first-order valence-corrected chi connectivity index (χ1v) is 9.66. The van der Waals surface area contributed by atoms with Gasteiger partial charge in [0.2, 0.25) is 11.8 Å². The van der Waals surface area contributed by atoms with Crippen molar-refractivity contribution in [1.82, 2.24) is 10.2 Å². The van der Waals surface area contributed by atoms with Crippen LogP contribution in [-0.2, 0) is 20.8 Å². The van der Waals surface area contributed by atoms with Gasteiger partial charge in [0, 0.05) is 12.1 Å². The zero-order valence-corrected chi connectivity index (χ0v) is 15.8. The van der Waals surface area contributed by atoms with Crippen LogP contribution in [0, 0.1) is 5.92 Å². The number of para-hydroxylation sites is 1. The van der Waals surface area contributed by atoms with E-state index in [-0.39, 0.29) is 5.91 Å². The highest BCUT2D eigenvalue weighted by Crippen LogP contribution is 2.37. The molecule has 1 spiro atoms. The van der Waals surface area contributed by atoms with Crippen LogP contribution in [0.25, 0.3) is 0 Å². The summed E-state index contributed by atoms with van der Waals surface area (Å²) in [6.45, 7) is 1.73. The number of amides is 5. The molecule has 0 unspecified atom stereocenters. The molecule has 4 rings (SSSR count). The van der Waals surface area contributed by atoms with E-state index in [0.29, 0.717) is 30.9 Å². The van der Waals surface area contributed by atoms with Crippen LogP contribution < -0.4 is 16.0 Å². The van der Waals surface area contributed by atoms with Crippen molar-refractivity contribution in [3.8, 4) is 0 Å². The maximum atomic E-state index is 13.0. The number of anilines is 1. The number of benzene rings is 1. The Balaban J connectivity index is 1.55. The Morgan fingerprint density at radius 1 is 1.21 bits per heavy atom. The number of carbonyl (C=O) groups is 4. The summed E-state index contributed by atoms with van der Waals surface area (Å²) in [5.41, 5.74) is 6.05. The number of rotatable bonds is 3. The maximum Gasteiger partial charge on any atom is 0.325 e. The van der Waals surface area contributed by atoms with Crippen LogP contribution in [0.1, 0.15) is 38.2 Å². The largest absolute Gasteiger partial charge is 0.368 e. The fourth-order valence-electron chi connectivity index (χ4n) is 4.55. The summed E-state index contributed by atoms with van der Waals surface area (Å²) >= 11 is 0. The molecular weight excluding hydrogens is 360 g/mol. The Kier molecular flexibility index (Phi) is 4.36. The van der Waals surface area contributed by atoms with Crippen LogP contribution in [0.3, 0.4) is 0 Å². The van der Waals surface area contributed by atoms with Crippen LogP contribution in [0.5, 0.6) is 0 Å². The lowest BCUT2D eigenvalue weighted by Gasteiger charge is -2.33. The van der Waals surface area contributed by atoms with Gasteiger partial charge in [0.15, 0.2) is 0 Å². The summed E-state index contributed by atoms with van der Waals surface area (Å²) in [5.74, 6) is -0.928. The quantitative estimate of drug-likeness (QED) is 0.755. The molecule has 1 saturated heterocycles. The molecule has 8 nitrogen and oxygen atoms in total. The number of carbonyl (C=O) groups excluding carboxylic acids is 4. The van der Waals surface area contributed by atoms with E-state index in [4.69, 9.17) is 5.73 Å². The predicted molar refractivity (Wildman–Crippen MR) is 101 cm³/mol. The molecule has 3 N–H and O–H groups in total. The molecule has 1 aliphatic carbocycles. The Labute approximate surface area is 163 Å². The lowest BCUT2D eigenvalue weighted by Crippen LogP contribution is -2.52. The van der Waals surface area contributed by atoms with Gasteiger partial charge in [0.25, 0.3) is 5.91 Å². The Hall–Kier alpha value is -2.90. The van der Waals surface area contributed by atoms with Gasteiger partial charge >= 0.3 is 6.03 Å². The first kappa shape index (κ1) is 18.5. The van der Waals surface area contributed by atoms with Gasteiger partial charge in [-0.3, -0.25) is 24.2 Å². The summed E-state index contributed by atoms with van der Waals surface area (Å²) < 4.78 is 0. The zero-order chi connectivity index (χ0) is 20.1. The summed E-state index contributed by atoms with van der Waals surface area (Å²) in [6.07, 6.45) is 3.22. The van der Waals surface area contributed by atoms with E-state index in [9.17, 15) is 19.2 Å². The molecule has 0 radical (unpaired) electrons. The summed E-state index contributed by atoms with van der Waals surface area (Å²) in [4.78, 5) is 52.7. The van der Waals surface area contributed by atoms with Gasteiger partial charge < -0.3 is 11.1 Å². The van der Waals surface area contributed by atoms with Crippen molar-refractivity contribution in [3.05, 3.63) is 29.8 Å². The highest BCUT2D eigenvalue weighted by Gasteiger charge is 2.53. The minimum Gasteiger partial charge on any atom is -0.368 e. The van der Waals surface area contributed by atoms with Gasteiger partial charge in [-0.05, 0) is 43.2 Å². The van der Waals surface area contributed by atoms with Crippen molar-refractivity contribution in [2.75, 3.05) is 11.4 Å². The first-order valence-electron chi connectivity index (χ1n) is 9.66. The summed E-state index contributed by atoms with van der Waals surface area (Å²) in [6, 6.07) is 5.83. The molecule has 28 heavy (non-hydrogen) atoms. The second-order valence-electron chi connectivity index (χ2n) is 8.10. The number of nitrogens with zero attached hydrogens (tertiary/aromatic N) is 2. The van der Waals surface area contributed by atoms with Gasteiger partial charge in [-0.15, -0.1) is 0 Å². The second kappa shape index (κ2) is 6.61. The molecule has 1 aromatic rings. The van der Waals surface area contributed by atoms with Crippen molar-refractivity contribution < 1.29 is 19.2 Å². The zero-order valence-electron chi connectivity index (χ0n) is 15.8. The number of nitrogens with one attached hydrogen (secondary N) is 1. The fraction of sp³-hybridized carbons (Fsp3) is 0.500. The van der Waals surface area contributed by atoms with Crippen molar-refractivity contribution >= 4 is 29.4 Å². The minimum atomic E-state index is -0.893. The van der Waals surface area contributed by atoms with Crippen LogP contribution in [0.4, 0.5) is 10.5 Å². The van der Waals surface area contributed by atoms with E-state index in [2.05, 4.69) is 12.2 Å². The standard InChI is InChI=1S/C20H24N4O4/c1-12-6-8-20(9-7-12)18(27)23(19(28)22-20)11-16(25)24-14-5-3-2-4-13(14)10-15(24)17(21)26/h2-5,12,15H,6-11H2,1H3,(H2,21,26)(H,22,28)/t12?,15-,20?/m0/s1. The normalized spacial score (nSPS) is 29.2. The van der Waals surface area contributed by atoms with E-state index < -0.39 is 36.0 Å². The summed E-state index contributed by atoms with van der Waals surface area (Å²) in [5, 5.41) is 2.81. The number of primary amides is 1. The molecule has 1 saturated carbocycles. The van der Waals surface area contributed by atoms with Crippen molar-refractivity contribution in [2.45, 2.75) is 50.6 Å². The van der Waals surface area contributed by atoms with Gasteiger partial charge in [0.1, 0.15) is 18.1 Å². The number of urea groups is 1. The van der Waals surface area contributed by atoms with E-state index in [1.54, 1.807) is 12.1 Å². The second-order valence-corrected chi connectivity index (χ2v) is 8.10. The number of nitrogens with two attached hydrogens (primary N) is 1. The van der Waals surface area contributed by atoms with E-state index in [1.165, 1.54) is 4.90 Å². The molecule has 3 aliphatic rings. The minimum absolute atomic E-state index is 0.333. The van der Waals surface area contributed by atoms with E-state index >= 15 is 0 Å². The van der Waals surface area contributed by atoms with Crippen molar-refractivity contribution in [1.29, 1.82) is 0 Å². The molecular formula is C20H24N4O4. The fourth-order valence-corrected chi connectivity index (χ4v) is 4.55. The van der Waals surface area contributed by atoms with Crippen LogP contribution in [-0.4, -0.2) is 46.8 Å². The third kappa shape index (κ3) is 2.83. The Morgan fingerprint density at radius 3 is 2.57 bits per heavy atom. The molecule has 0 bridgehead atoms. The molecule has 2 aliphatic heterocycles. The monoisotopic (exact) mass is 384 g/mol. The first-order chi connectivity index (χ1) is 13.3. The Bertz CT molecular complexity index is 860. The smallest absolute Gasteiger partial charge is 0.325 e. The lowest BCUT2D eigenvalue weighted by molar-refractivity contribution is -0.135. The third-order valence-corrected chi connectivity index (χ3v) is 6.24. The van der Waals surface area contributed by atoms with Gasteiger partial charge in [-0.1, -0.05) is 25.1 Å². The highest BCUT2D eigenvalue weighted by molar-refractivity contribution is 6.12. The van der Waals surface area contributed by atoms with Gasteiger partial charge in [-0.2, -0.15) is 0 Å². The molecule has 0 aromatic heterocycles. The number of hydrogen-bond acceptors (Lipinski definition) is 4. The van der Waals surface area contributed by atoms with E-state index in [0.717, 1.165) is 23.3 Å². The molecule has 148 valence electrons. The van der Waals surface area contributed by atoms with E-state index in [1.807, 2.05) is 12.1 Å². The summed E-state index contributed by atoms with van der Waals surface area (Å²) in [7, 11) is 0. The highest BCUT2D eigenvalue weighted by atomic mass is 16.2. The average Bonchev–Trinajstić information content (AvgIpc) is 3.16. The molecule has 5 amide bonds. The SMILES string of the molecule is CC1CCC2(CC1)NC(=O)N(CC(=O)N1c3ccccc3C[C@H]1C(N)=O)C2=O.